The first-order valence-electron chi connectivity index (χ1n) is 10.9. The van der Waals surface area contributed by atoms with Crippen molar-refractivity contribution < 1.29 is 19.1 Å². The molecule has 0 amide bonds. The van der Waals surface area contributed by atoms with Crippen molar-refractivity contribution in [2.45, 2.75) is 52.4 Å². The van der Waals surface area contributed by atoms with E-state index in [1.165, 1.54) is 0 Å². The zero-order valence-electron chi connectivity index (χ0n) is 18.1. The monoisotopic (exact) mass is 408 g/mol. The van der Waals surface area contributed by atoms with Crippen molar-refractivity contribution in [3.05, 3.63) is 70.8 Å². The van der Waals surface area contributed by atoms with Crippen molar-refractivity contribution in [1.82, 2.24) is 0 Å². The fourth-order valence-electron chi connectivity index (χ4n) is 2.85. The number of hydrogen-bond donors (Lipinski definition) is 0. The Morgan fingerprint density at radius 1 is 0.633 bits per heavy atom. The summed E-state index contributed by atoms with van der Waals surface area (Å²) in [5.74, 6) is -0.558. The number of esters is 2. The van der Waals surface area contributed by atoms with Crippen molar-refractivity contribution in [3.63, 3.8) is 0 Å². The summed E-state index contributed by atoms with van der Waals surface area (Å²) in [6, 6.07) is 14.7. The number of rotatable bonds is 12. The third kappa shape index (κ3) is 8.24. The summed E-state index contributed by atoms with van der Waals surface area (Å²) in [5, 5.41) is 0. The molecule has 0 N–H and O–H groups in total. The van der Waals surface area contributed by atoms with Gasteiger partial charge in [0, 0.05) is 0 Å². The predicted octanol–water partition coefficient (Wildman–Crippen LogP) is 6.55. The van der Waals surface area contributed by atoms with Crippen LogP contribution in [0.15, 0.2) is 48.5 Å². The summed E-state index contributed by atoms with van der Waals surface area (Å²) in [4.78, 5) is 24.0. The van der Waals surface area contributed by atoms with Gasteiger partial charge in [-0.3, -0.25) is 0 Å². The van der Waals surface area contributed by atoms with Gasteiger partial charge in [-0.25, -0.2) is 9.59 Å². The van der Waals surface area contributed by atoms with Gasteiger partial charge in [0.15, 0.2) is 0 Å². The lowest BCUT2D eigenvalue weighted by molar-refractivity contribution is 0.0489. The fraction of sp³-hybridized carbons (Fsp3) is 0.385. The van der Waals surface area contributed by atoms with E-state index in [9.17, 15) is 9.59 Å². The average Bonchev–Trinajstić information content (AvgIpc) is 2.78. The number of hydrogen-bond acceptors (Lipinski definition) is 4. The molecule has 0 aliphatic heterocycles. The lowest BCUT2D eigenvalue weighted by Crippen LogP contribution is -2.06. The number of ether oxygens (including phenoxy) is 2. The Morgan fingerprint density at radius 3 is 1.33 bits per heavy atom. The van der Waals surface area contributed by atoms with E-state index < -0.39 is 0 Å². The highest BCUT2D eigenvalue weighted by Gasteiger charge is 2.07. The lowest BCUT2D eigenvalue weighted by Gasteiger charge is -2.05. The Bertz CT molecular complexity index is 734. The SMILES string of the molecule is CCCCCOC(=O)c1ccc(/C=C/c2ccc(C(=O)OCCCCC)cc2)cc1. The van der Waals surface area contributed by atoms with Crippen LogP contribution in [-0.2, 0) is 9.47 Å². The molecule has 0 aliphatic carbocycles. The van der Waals surface area contributed by atoms with Gasteiger partial charge in [0.1, 0.15) is 0 Å². The van der Waals surface area contributed by atoms with Gasteiger partial charge in [0.2, 0.25) is 0 Å². The topological polar surface area (TPSA) is 52.6 Å². The van der Waals surface area contributed by atoms with Crippen molar-refractivity contribution >= 4 is 24.1 Å². The first-order valence-corrected chi connectivity index (χ1v) is 10.9. The van der Waals surface area contributed by atoms with E-state index in [0.717, 1.165) is 49.7 Å². The third-order valence-electron chi connectivity index (χ3n) is 4.72. The number of unbranched alkanes of at least 4 members (excludes halogenated alkanes) is 4. The molecule has 0 heterocycles. The first kappa shape index (κ1) is 23.4. The highest BCUT2D eigenvalue weighted by Crippen LogP contribution is 2.13. The predicted molar refractivity (Wildman–Crippen MR) is 121 cm³/mol. The molecule has 0 saturated carbocycles. The molecule has 0 atom stereocenters. The molecule has 2 aromatic rings. The second kappa shape index (κ2) is 13.4. The molecule has 0 saturated heterocycles. The van der Waals surface area contributed by atoms with Gasteiger partial charge >= 0.3 is 11.9 Å². The largest absolute Gasteiger partial charge is 0.462 e. The zero-order chi connectivity index (χ0) is 21.6. The van der Waals surface area contributed by atoms with Crippen LogP contribution in [0.3, 0.4) is 0 Å². The van der Waals surface area contributed by atoms with E-state index >= 15 is 0 Å². The molecular formula is C26H32O4. The maximum Gasteiger partial charge on any atom is 0.338 e. The molecule has 30 heavy (non-hydrogen) atoms. The van der Waals surface area contributed by atoms with E-state index in [2.05, 4.69) is 13.8 Å². The average molecular weight is 409 g/mol. The second-order valence-corrected chi connectivity index (χ2v) is 7.26. The molecule has 160 valence electrons. The van der Waals surface area contributed by atoms with Crippen LogP contribution in [-0.4, -0.2) is 25.2 Å². The smallest absolute Gasteiger partial charge is 0.338 e. The van der Waals surface area contributed by atoms with E-state index in [4.69, 9.17) is 9.47 Å². The van der Waals surface area contributed by atoms with Crippen LogP contribution in [0, 0.1) is 0 Å². The molecule has 0 aliphatic rings. The molecule has 4 nitrogen and oxygen atoms in total. The summed E-state index contributed by atoms with van der Waals surface area (Å²) < 4.78 is 10.5. The first-order chi connectivity index (χ1) is 14.6. The van der Waals surface area contributed by atoms with Crippen LogP contribution in [0.25, 0.3) is 12.2 Å². The van der Waals surface area contributed by atoms with Crippen molar-refractivity contribution in [2.24, 2.45) is 0 Å². The van der Waals surface area contributed by atoms with Gasteiger partial charge in [0.25, 0.3) is 0 Å². The van der Waals surface area contributed by atoms with Crippen molar-refractivity contribution in [1.29, 1.82) is 0 Å². The Balaban J connectivity index is 1.85. The molecule has 0 fully saturated rings. The van der Waals surface area contributed by atoms with E-state index in [-0.39, 0.29) is 11.9 Å². The number of carbonyl (C=O) groups is 2. The normalized spacial score (nSPS) is 10.9. The van der Waals surface area contributed by atoms with Gasteiger partial charge in [0.05, 0.1) is 24.3 Å². The minimum absolute atomic E-state index is 0.279. The summed E-state index contributed by atoms with van der Waals surface area (Å²) in [7, 11) is 0. The summed E-state index contributed by atoms with van der Waals surface area (Å²) in [6.07, 6.45) is 10.1. The van der Waals surface area contributed by atoms with E-state index in [0.29, 0.717) is 24.3 Å². The van der Waals surface area contributed by atoms with Gasteiger partial charge in [-0.05, 0) is 48.2 Å². The Labute approximate surface area is 179 Å². The van der Waals surface area contributed by atoms with Crippen LogP contribution in [0.5, 0.6) is 0 Å². The summed E-state index contributed by atoms with van der Waals surface area (Å²) >= 11 is 0. The zero-order valence-corrected chi connectivity index (χ0v) is 18.1. The lowest BCUT2D eigenvalue weighted by atomic mass is 10.1. The fourth-order valence-corrected chi connectivity index (χ4v) is 2.85. The molecule has 2 rings (SSSR count). The minimum atomic E-state index is -0.279. The van der Waals surface area contributed by atoms with Gasteiger partial charge < -0.3 is 9.47 Å². The molecule has 2 aromatic carbocycles. The maximum absolute atomic E-state index is 12.0. The highest BCUT2D eigenvalue weighted by atomic mass is 16.5. The quantitative estimate of drug-likeness (QED) is 0.227. The van der Waals surface area contributed by atoms with Crippen LogP contribution in [0.1, 0.15) is 84.2 Å². The van der Waals surface area contributed by atoms with Crippen molar-refractivity contribution in [3.8, 4) is 0 Å². The molecule has 4 heteroatoms. The standard InChI is InChI=1S/C26H32O4/c1-3-5-7-19-29-25(27)23-15-11-21(12-16-23)9-10-22-13-17-24(18-14-22)26(28)30-20-8-6-4-2/h9-18H,3-8,19-20H2,1-2H3/b10-9+. The third-order valence-corrected chi connectivity index (χ3v) is 4.72. The van der Waals surface area contributed by atoms with Crippen LogP contribution >= 0.6 is 0 Å². The Kier molecular flexibility index (Phi) is 10.4. The molecule has 0 spiro atoms. The highest BCUT2D eigenvalue weighted by molar-refractivity contribution is 5.90. The number of benzene rings is 2. The molecular weight excluding hydrogens is 376 g/mol. The van der Waals surface area contributed by atoms with Gasteiger partial charge in [-0.15, -0.1) is 0 Å². The van der Waals surface area contributed by atoms with Crippen LogP contribution < -0.4 is 0 Å². The van der Waals surface area contributed by atoms with Crippen LogP contribution in [0.2, 0.25) is 0 Å². The van der Waals surface area contributed by atoms with Crippen molar-refractivity contribution in [2.75, 3.05) is 13.2 Å². The summed E-state index contributed by atoms with van der Waals surface area (Å²) in [5.41, 5.74) is 3.09. The Hall–Kier alpha value is -2.88. The van der Waals surface area contributed by atoms with Crippen LogP contribution in [0.4, 0.5) is 0 Å². The summed E-state index contributed by atoms with van der Waals surface area (Å²) in [6.45, 7) is 5.17. The molecule has 0 radical (unpaired) electrons. The van der Waals surface area contributed by atoms with E-state index in [1.807, 2.05) is 36.4 Å². The number of carbonyl (C=O) groups excluding carboxylic acids is 2. The van der Waals surface area contributed by atoms with Gasteiger partial charge in [-0.2, -0.15) is 0 Å². The van der Waals surface area contributed by atoms with E-state index in [1.54, 1.807) is 24.3 Å². The molecule has 0 bridgehead atoms. The molecule has 0 aromatic heterocycles. The molecule has 0 unspecified atom stereocenters. The maximum atomic E-state index is 12.0. The van der Waals surface area contributed by atoms with Gasteiger partial charge in [-0.1, -0.05) is 75.9 Å². The second-order valence-electron chi connectivity index (χ2n) is 7.26. The minimum Gasteiger partial charge on any atom is -0.462 e. The Morgan fingerprint density at radius 2 is 1.00 bits per heavy atom.